The van der Waals surface area contributed by atoms with Gasteiger partial charge in [0.1, 0.15) is 0 Å². The number of ether oxygens (including phenoxy) is 1. The predicted octanol–water partition coefficient (Wildman–Crippen LogP) is 4.26. The van der Waals surface area contributed by atoms with Gasteiger partial charge < -0.3 is 4.74 Å². The van der Waals surface area contributed by atoms with Crippen LogP contribution < -0.4 is 0 Å². The van der Waals surface area contributed by atoms with Gasteiger partial charge in [-0.25, -0.2) is 0 Å². The van der Waals surface area contributed by atoms with Crippen molar-refractivity contribution in [2.24, 2.45) is 0 Å². The highest BCUT2D eigenvalue weighted by molar-refractivity contribution is 7.80. The van der Waals surface area contributed by atoms with Gasteiger partial charge in [-0.3, -0.25) is 14.1 Å². The zero-order valence-corrected chi connectivity index (χ0v) is 15.8. The van der Waals surface area contributed by atoms with E-state index >= 15 is 0 Å². The molecule has 6 nitrogen and oxygen atoms in total. The lowest BCUT2D eigenvalue weighted by atomic mass is 9.90. The van der Waals surface area contributed by atoms with E-state index in [1.165, 1.54) is 18.2 Å². The molecular formula is C15H21ClF3NO5S. The molecule has 26 heavy (non-hydrogen) atoms. The lowest BCUT2D eigenvalue weighted by molar-refractivity contribution is -0.138. The Morgan fingerprint density at radius 1 is 1.35 bits per heavy atom. The molecule has 11 heteroatoms. The molecule has 0 fully saturated rings. The molecular weight excluding hydrogens is 399 g/mol. The van der Waals surface area contributed by atoms with Gasteiger partial charge >= 0.3 is 16.6 Å². The largest absolute Gasteiger partial charge is 0.481 e. The highest BCUT2D eigenvalue weighted by Crippen LogP contribution is 2.37. The maximum atomic E-state index is 13.0. The van der Waals surface area contributed by atoms with Gasteiger partial charge in [-0.15, -0.1) is 11.6 Å². The van der Waals surface area contributed by atoms with Crippen molar-refractivity contribution in [1.82, 2.24) is 0 Å². The molecule has 1 aromatic rings. The summed E-state index contributed by atoms with van der Waals surface area (Å²) in [6.45, 7) is 1.95. The number of benzene rings is 1. The van der Waals surface area contributed by atoms with Crippen LogP contribution in [0.5, 0.6) is 0 Å². The van der Waals surface area contributed by atoms with Gasteiger partial charge in [0.2, 0.25) is 0 Å². The summed E-state index contributed by atoms with van der Waals surface area (Å²) in [7, 11) is -3.29. The van der Waals surface area contributed by atoms with Crippen LogP contribution in [0.25, 0.3) is 0 Å². The first kappa shape index (κ1) is 24.6. The molecule has 0 heterocycles. The topological polar surface area (TPSA) is 96.7 Å². The molecule has 150 valence electrons. The summed E-state index contributed by atoms with van der Waals surface area (Å²) in [5, 5.41) is 7.83. The third kappa shape index (κ3) is 9.37. The molecule has 0 radical (unpaired) electrons. The minimum Gasteiger partial charge on any atom is -0.481 e. The van der Waals surface area contributed by atoms with Crippen LogP contribution in [0.3, 0.4) is 0 Å². The molecule has 1 unspecified atom stereocenters. The second-order valence-corrected chi connectivity index (χ2v) is 6.43. The van der Waals surface area contributed by atoms with Gasteiger partial charge in [-0.1, -0.05) is 18.2 Å². The van der Waals surface area contributed by atoms with E-state index in [1.54, 1.807) is 6.92 Å². The van der Waals surface area contributed by atoms with E-state index in [1.807, 2.05) is 0 Å². The maximum Gasteiger partial charge on any atom is 0.416 e. The third-order valence-corrected chi connectivity index (χ3v) is 3.78. The van der Waals surface area contributed by atoms with Crippen LogP contribution in [0.1, 0.15) is 36.8 Å². The monoisotopic (exact) mass is 419 g/mol. The van der Waals surface area contributed by atoms with Crippen LogP contribution in [0.15, 0.2) is 24.3 Å². The third-order valence-electron chi connectivity index (χ3n) is 3.09. The molecule has 0 aromatic heterocycles. The molecule has 0 bridgehead atoms. The molecule has 0 saturated carbocycles. The summed E-state index contributed by atoms with van der Waals surface area (Å²) < 4.78 is 73.9. The van der Waals surface area contributed by atoms with Crippen LogP contribution in [-0.2, 0) is 25.5 Å². The average molecular weight is 420 g/mol. The Morgan fingerprint density at radius 3 is 2.31 bits per heavy atom. The van der Waals surface area contributed by atoms with E-state index in [-0.39, 0.29) is 18.1 Å². The Labute approximate surface area is 155 Å². The average Bonchev–Trinajstić information content (AvgIpc) is 2.55. The number of nitrogens with one attached hydrogen (secondary N) is 1. The molecule has 0 aliphatic heterocycles. The quantitative estimate of drug-likeness (QED) is 0.298. The molecule has 0 aliphatic carbocycles. The van der Waals surface area contributed by atoms with Crippen molar-refractivity contribution in [2.75, 3.05) is 19.6 Å². The lowest BCUT2D eigenvalue weighted by Gasteiger charge is -2.22. The number of rotatable bonds is 7. The summed E-state index contributed by atoms with van der Waals surface area (Å²) in [6, 6.07) is 5.31. The fraction of sp³-hybridized carbons (Fsp3) is 0.533. The van der Waals surface area contributed by atoms with Crippen molar-refractivity contribution in [1.29, 1.82) is 5.41 Å². The normalized spacial score (nSPS) is 12.7. The zero-order valence-electron chi connectivity index (χ0n) is 14.2. The van der Waals surface area contributed by atoms with Crippen molar-refractivity contribution in [3.05, 3.63) is 35.4 Å². The molecule has 0 spiro atoms. The van der Waals surface area contributed by atoms with E-state index in [0.717, 1.165) is 13.2 Å². The van der Waals surface area contributed by atoms with Crippen LogP contribution in [0.2, 0.25) is 0 Å². The molecule has 0 amide bonds. The number of hydrogen-bond acceptors (Lipinski definition) is 5. The summed E-state index contributed by atoms with van der Waals surface area (Å²) in [5.74, 6) is -0.523. The minimum atomic E-state index is -4.44. The Balaban J connectivity index is 0.000000896. The van der Waals surface area contributed by atoms with E-state index in [4.69, 9.17) is 26.3 Å². The molecule has 0 aliphatic rings. The number of alkyl halides is 4. The van der Waals surface area contributed by atoms with Gasteiger partial charge in [0.05, 0.1) is 25.2 Å². The Kier molecular flexibility index (Phi) is 10.8. The molecule has 0 saturated heterocycles. The van der Waals surface area contributed by atoms with Crippen LogP contribution >= 0.6 is 11.6 Å². The van der Waals surface area contributed by atoms with Gasteiger partial charge in [0.15, 0.2) is 5.90 Å². The highest BCUT2D eigenvalue weighted by atomic mass is 35.5. The van der Waals surface area contributed by atoms with Crippen molar-refractivity contribution < 1.29 is 35.1 Å². The first-order valence-corrected chi connectivity index (χ1v) is 9.34. The summed E-state index contributed by atoms with van der Waals surface area (Å²) in [4.78, 5) is 0. The molecule has 1 rings (SSSR count). The number of hydrogen-bond donors (Lipinski definition) is 2. The van der Waals surface area contributed by atoms with E-state index in [9.17, 15) is 21.6 Å². The predicted molar refractivity (Wildman–Crippen MR) is 92.0 cm³/mol. The fourth-order valence-electron chi connectivity index (χ4n) is 2.02. The first-order chi connectivity index (χ1) is 12.0. The highest BCUT2D eigenvalue weighted by Gasteiger charge is 2.36. The van der Waals surface area contributed by atoms with E-state index < -0.39 is 28.1 Å². The Bertz CT molecular complexity index is 667. The van der Waals surface area contributed by atoms with Gasteiger partial charge in [-0.05, 0) is 31.4 Å². The minimum absolute atomic E-state index is 0.0727. The second-order valence-electron chi connectivity index (χ2n) is 4.86. The first-order valence-electron chi connectivity index (χ1n) is 7.44. The fourth-order valence-corrected chi connectivity index (χ4v) is 2.18. The van der Waals surface area contributed by atoms with Gasteiger partial charge in [-0.2, -0.15) is 21.6 Å². The van der Waals surface area contributed by atoms with Crippen molar-refractivity contribution in [3.63, 3.8) is 0 Å². The zero-order chi connectivity index (χ0) is 20.4. The Morgan fingerprint density at radius 2 is 1.88 bits per heavy atom. The molecule has 2 N–H and O–H groups in total. The van der Waals surface area contributed by atoms with E-state index in [2.05, 4.69) is 4.18 Å². The van der Waals surface area contributed by atoms with Crippen LogP contribution in [0.4, 0.5) is 13.2 Å². The standard InChI is InChI=1S/C14H17ClF3NO.CH4O4S/c1-2-20-13(19)11(7-5-9-15)10-6-3-4-8-12(10)14(16,17)18;1-5-6(2,3)4/h3-4,6,8,11,19H,2,5,7,9H2,1H3;1H3,(H,2,3,4). The van der Waals surface area contributed by atoms with Crippen LogP contribution in [0, 0.1) is 5.41 Å². The molecule has 1 aromatic carbocycles. The summed E-state index contributed by atoms with van der Waals surface area (Å²) in [5.41, 5.74) is -0.646. The summed E-state index contributed by atoms with van der Waals surface area (Å²) in [6.07, 6.45) is -3.56. The van der Waals surface area contributed by atoms with Gasteiger partial charge in [0.25, 0.3) is 0 Å². The SMILES string of the molecule is CCOC(=N)C(CCCCl)c1ccccc1C(F)(F)F.COS(=O)(=O)O. The smallest absolute Gasteiger partial charge is 0.416 e. The Hall–Kier alpha value is -1.36. The lowest BCUT2D eigenvalue weighted by Crippen LogP contribution is -2.20. The summed E-state index contributed by atoms with van der Waals surface area (Å²) >= 11 is 5.61. The number of halogens is 4. The van der Waals surface area contributed by atoms with Crippen molar-refractivity contribution in [3.8, 4) is 0 Å². The maximum absolute atomic E-state index is 13.0. The van der Waals surface area contributed by atoms with E-state index in [0.29, 0.717) is 18.7 Å². The van der Waals surface area contributed by atoms with Gasteiger partial charge in [0, 0.05) is 5.88 Å². The van der Waals surface area contributed by atoms with Crippen molar-refractivity contribution in [2.45, 2.75) is 31.9 Å². The van der Waals surface area contributed by atoms with Crippen LogP contribution in [-0.4, -0.2) is 38.5 Å². The molecule has 1 atom stereocenters. The van der Waals surface area contributed by atoms with Crippen molar-refractivity contribution >= 4 is 27.9 Å². The second kappa shape index (κ2) is 11.4.